The van der Waals surface area contributed by atoms with Crippen LogP contribution >= 0.6 is 7.60 Å². The van der Waals surface area contributed by atoms with E-state index in [1.807, 2.05) is 37.3 Å². The normalized spacial score (nSPS) is 11.3. The molecule has 0 atom stereocenters. The second-order valence-electron chi connectivity index (χ2n) is 7.09. The van der Waals surface area contributed by atoms with Crippen molar-refractivity contribution in [1.82, 2.24) is 4.90 Å². The topological polar surface area (TPSA) is 106 Å². The molecule has 2 aromatic carbocycles. The van der Waals surface area contributed by atoms with Gasteiger partial charge in [0.05, 0.1) is 20.8 Å². The highest BCUT2D eigenvalue weighted by atomic mass is 31.2. The van der Waals surface area contributed by atoms with Gasteiger partial charge in [-0.3, -0.25) is 9.36 Å². The standard InChI is InChI=1S/C22H30NO7P/c1-17-20(28-2)14-19(15-21(17)29-3)22(24)23(12-13-30-16-31(25,26)27)11-7-10-18-8-5-4-6-9-18/h4-6,8-9,14-15H,7,10-13,16H2,1-3H3,(H2,25,26,27). The fraction of sp³-hybridized carbons (Fsp3) is 0.409. The van der Waals surface area contributed by atoms with Gasteiger partial charge in [-0.1, -0.05) is 30.3 Å². The first kappa shape index (κ1) is 24.9. The Bertz CT molecular complexity index is 873. The van der Waals surface area contributed by atoms with Crippen LogP contribution in [0.1, 0.15) is 27.9 Å². The molecular formula is C22H30NO7P. The number of rotatable bonds is 12. The van der Waals surface area contributed by atoms with E-state index in [0.29, 0.717) is 23.6 Å². The highest BCUT2D eigenvalue weighted by Gasteiger charge is 2.20. The minimum absolute atomic E-state index is 0.0162. The summed E-state index contributed by atoms with van der Waals surface area (Å²) in [6.45, 7) is 2.53. The van der Waals surface area contributed by atoms with Crippen LogP contribution in [0.5, 0.6) is 11.5 Å². The SMILES string of the molecule is COc1cc(C(=O)N(CCCc2ccccc2)CCOCP(=O)(O)O)cc(OC)c1C. The quantitative estimate of drug-likeness (QED) is 0.377. The Kier molecular flexibility index (Phi) is 9.52. The first-order chi connectivity index (χ1) is 14.7. The van der Waals surface area contributed by atoms with Gasteiger partial charge in [0.25, 0.3) is 5.91 Å². The molecule has 2 rings (SSSR count). The molecule has 0 saturated carbocycles. The van der Waals surface area contributed by atoms with Crippen molar-refractivity contribution in [1.29, 1.82) is 0 Å². The van der Waals surface area contributed by atoms with E-state index in [0.717, 1.165) is 18.4 Å². The van der Waals surface area contributed by atoms with Crippen LogP contribution in [-0.2, 0) is 15.7 Å². The molecule has 8 nitrogen and oxygen atoms in total. The summed E-state index contributed by atoms with van der Waals surface area (Å²) in [4.78, 5) is 32.8. The zero-order valence-electron chi connectivity index (χ0n) is 18.1. The average Bonchev–Trinajstić information content (AvgIpc) is 2.75. The fourth-order valence-corrected chi connectivity index (χ4v) is 3.55. The third-order valence-corrected chi connectivity index (χ3v) is 5.31. The van der Waals surface area contributed by atoms with E-state index in [9.17, 15) is 9.36 Å². The molecule has 0 saturated heterocycles. The Morgan fingerprint density at radius 3 is 2.19 bits per heavy atom. The van der Waals surface area contributed by atoms with E-state index in [1.54, 1.807) is 17.0 Å². The molecule has 1 amide bonds. The fourth-order valence-electron chi connectivity index (χ4n) is 3.18. The minimum atomic E-state index is -4.25. The van der Waals surface area contributed by atoms with Crippen molar-refractivity contribution in [3.05, 3.63) is 59.2 Å². The van der Waals surface area contributed by atoms with Crippen molar-refractivity contribution in [3.8, 4) is 11.5 Å². The van der Waals surface area contributed by atoms with Crippen LogP contribution in [-0.4, -0.2) is 60.9 Å². The number of carbonyl (C=O) groups is 1. The number of methoxy groups -OCH3 is 2. The van der Waals surface area contributed by atoms with Gasteiger partial charge < -0.3 is 28.9 Å². The van der Waals surface area contributed by atoms with Gasteiger partial charge in [-0.05, 0) is 37.5 Å². The summed E-state index contributed by atoms with van der Waals surface area (Å²) < 4.78 is 26.8. The Morgan fingerprint density at radius 2 is 1.65 bits per heavy atom. The van der Waals surface area contributed by atoms with Gasteiger partial charge in [-0.2, -0.15) is 0 Å². The molecule has 170 valence electrons. The van der Waals surface area contributed by atoms with E-state index < -0.39 is 13.9 Å². The lowest BCUT2D eigenvalue weighted by molar-refractivity contribution is 0.0672. The molecule has 9 heteroatoms. The monoisotopic (exact) mass is 451 g/mol. The van der Waals surface area contributed by atoms with E-state index in [2.05, 4.69) is 0 Å². The van der Waals surface area contributed by atoms with Crippen LogP contribution in [0.2, 0.25) is 0 Å². The van der Waals surface area contributed by atoms with Crippen LogP contribution in [0.3, 0.4) is 0 Å². The van der Waals surface area contributed by atoms with Gasteiger partial charge in [-0.25, -0.2) is 0 Å². The molecule has 0 radical (unpaired) electrons. The van der Waals surface area contributed by atoms with Gasteiger partial charge in [0.1, 0.15) is 17.8 Å². The predicted octanol–water partition coefficient (Wildman–Crippen LogP) is 3.24. The largest absolute Gasteiger partial charge is 0.496 e. The zero-order valence-corrected chi connectivity index (χ0v) is 19.0. The van der Waals surface area contributed by atoms with Gasteiger partial charge in [0.2, 0.25) is 0 Å². The predicted molar refractivity (Wildman–Crippen MR) is 118 cm³/mol. The number of amides is 1. The Hall–Kier alpha value is -2.38. The maximum absolute atomic E-state index is 13.2. The van der Waals surface area contributed by atoms with Crippen molar-refractivity contribution in [2.45, 2.75) is 19.8 Å². The minimum Gasteiger partial charge on any atom is -0.496 e. The molecule has 0 fully saturated rings. The van der Waals surface area contributed by atoms with Crippen molar-refractivity contribution < 1.29 is 33.4 Å². The van der Waals surface area contributed by atoms with Crippen LogP contribution in [0.25, 0.3) is 0 Å². The molecular weight excluding hydrogens is 421 g/mol. The van der Waals surface area contributed by atoms with Crippen LogP contribution in [0.4, 0.5) is 0 Å². The number of nitrogens with zero attached hydrogens (tertiary/aromatic N) is 1. The molecule has 0 aliphatic carbocycles. The van der Waals surface area contributed by atoms with Crippen LogP contribution in [0.15, 0.2) is 42.5 Å². The summed E-state index contributed by atoms with van der Waals surface area (Å²) in [7, 11) is -1.19. The summed E-state index contributed by atoms with van der Waals surface area (Å²) in [6, 6.07) is 13.3. The molecule has 0 unspecified atom stereocenters. The molecule has 0 heterocycles. The second-order valence-corrected chi connectivity index (χ2v) is 8.68. The van der Waals surface area contributed by atoms with Crippen LogP contribution in [0, 0.1) is 6.92 Å². The number of aryl methyl sites for hydroxylation is 1. The lowest BCUT2D eigenvalue weighted by atomic mass is 10.1. The highest BCUT2D eigenvalue weighted by molar-refractivity contribution is 7.51. The van der Waals surface area contributed by atoms with E-state index in [1.165, 1.54) is 19.8 Å². The van der Waals surface area contributed by atoms with Gasteiger partial charge in [-0.15, -0.1) is 0 Å². The van der Waals surface area contributed by atoms with Crippen LogP contribution < -0.4 is 9.47 Å². The smallest absolute Gasteiger partial charge is 0.350 e. The van der Waals surface area contributed by atoms with Crippen molar-refractivity contribution >= 4 is 13.5 Å². The Morgan fingerprint density at radius 1 is 1.03 bits per heavy atom. The molecule has 0 bridgehead atoms. The van der Waals surface area contributed by atoms with E-state index >= 15 is 0 Å². The molecule has 2 aromatic rings. The van der Waals surface area contributed by atoms with E-state index in [4.69, 9.17) is 24.0 Å². The van der Waals surface area contributed by atoms with Gasteiger partial charge >= 0.3 is 7.60 Å². The lowest BCUT2D eigenvalue weighted by Crippen LogP contribution is -2.35. The number of hydrogen-bond donors (Lipinski definition) is 2. The third-order valence-electron chi connectivity index (χ3n) is 4.79. The maximum Gasteiger partial charge on any atom is 0.350 e. The Balaban J connectivity index is 2.13. The van der Waals surface area contributed by atoms with Crippen molar-refractivity contribution in [2.75, 3.05) is 40.3 Å². The molecule has 0 spiro atoms. The first-order valence-electron chi connectivity index (χ1n) is 9.93. The van der Waals surface area contributed by atoms with Crippen molar-refractivity contribution in [3.63, 3.8) is 0 Å². The summed E-state index contributed by atoms with van der Waals surface area (Å²) in [6.07, 6.45) is 0.855. The second kappa shape index (κ2) is 11.9. The molecule has 2 N–H and O–H groups in total. The lowest BCUT2D eigenvalue weighted by Gasteiger charge is -2.24. The highest BCUT2D eigenvalue weighted by Crippen LogP contribution is 2.34. The number of ether oxygens (including phenoxy) is 3. The summed E-state index contributed by atoms with van der Waals surface area (Å²) in [5.74, 6) is 0.860. The first-order valence-corrected chi connectivity index (χ1v) is 11.7. The van der Waals surface area contributed by atoms with Gasteiger partial charge in [0, 0.05) is 24.2 Å². The third kappa shape index (κ3) is 7.99. The molecule has 0 aliphatic rings. The average molecular weight is 451 g/mol. The summed E-state index contributed by atoms with van der Waals surface area (Å²) in [5.41, 5.74) is 2.38. The molecule has 31 heavy (non-hydrogen) atoms. The maximum atomic E-state index is 13.2. The number of hydrogen-bond acceptors (Lipinski definition) is 5. The van der Waals surface area contributed by atoms with Crippen molar-refractivity contribution in [2.24, 2.45) is 0 Å². The zero-order chi connectivity index (χ0) is 22.9. The molecule has 0 aliphatic heterocycles. The summed E-state index contributed by atoms with van der Waals surface area (Å²) >= 11 is 0. The van der Waals surface area contributed by atoms with Gasteiger partial charge in [0.15, 0.2) is 0 Å². The molecule has 0 aromatic heterocycles. The summed E-state index contributed by atoms with van der Waals surface area (Å²) in [5, 5.41) is 0. The number of carbonyl (C=O) groups excluding carboxylic acids is 1. The Labute approximate surface area is 182 Å². The van der Waals surface area contributed by atoms with E-state index in [-0.39, 0.29) is 19.1 Å². The number of benzene rings is 2.